The molecule has 13 heteroatoms. The number of hydrogen-bond donors (Lipinski definition) is 4. The Morgan fingerprint density at radius 2 is 1.44 bits per heavy atom. The molecule has 43 heavy (non-hydrogen) atoms. The van der Waals surface area contributed by atoms with E-state index in [9.17, 15) is 14.4 Å². The third kappa shape index (κ3) is 11.4. The molecule has 4 rings (SSSR count). The Morgan fingerprint density at radius 3 is 2.02 bits per heavy atom. The van der Waals surface area contributed by atoms with Crippen molar-refractivity contribution in [2.45, 2.75) is 38.0 Å². The van der Waals surface area contributed by atoms with Crippen molar-refractivity contribution in [2.24, 2.45) is 0 Å². The maximum Gasteiger partial charge on any atom is 0.336 e. The van der Waals surface area contributed by atoms with Crippen LogP contribution in [-0.4, -0.2) is 108 Å². The SMILES string of the molecule is CN1CCN(c2nccc(CN(CCc3ccccc3)Cc3ccccn3)n2)CC1.O=C(O)CC(O)(CC(=O)O)C(=O)O. The number of carboxylic acids is 3. The van der Waals surface area contributed by atoms with Crippen LogP contribution in [-0.2, 0) is 33.9 Å². The fraction of sp³-hybridized carbons (Fsp3) is 0.400. The summed E-state index contributed by atoms with van der Waals surface area (Å²) in [4.78, 5) is 51.5. The summed E-state index contributed by atoms with van der Waals surface area (Å²) in [5, 5.41) is 33.8. The molecule has 0 saturated carbocycles. The first-order valence-corrected chi connectivity index (χ1v) is 13.8. The van der Waals surface area contributed by atoms with Gasteiger partial charge in [0.25, 0.3) is 0 Å². The smallest absolute Gasteiger partial charge is 0.336 e. The Labute approximate surface area is 250 Å². The lowest BCUT2D eigenvalue weighted by Gasteiger charge is -2.32. The van der Waals surface area contributed by atoms with Crippen molar-refractivity contribution < 1.29 is 34.8 Å². The molecule has 0 atom stereocenters. The number of pyridine rings is 1. The number of carbonyl (C=O) groups is 3. The van der Waals surface area contributed by atoms with Gasteiger partial charge in [-0.3, -0.25) is 19.5 Å². The van der Waals surface area contributed by atoms with Gasteiger partial charge in [-0.1, -0.05) is 36.4 Å². The summed E-state index contributed by atoms with van der Waals surface area (Å²) in [5.74, 6) is -4.17. The molecular weight excluding hydrogens is 556 g/mol. The molecule has 0 radical (unpaired) electrons. The summed E-state index contributed by atoms with van der Waals surface area (Å²) >= 11 is 0. The second-order valence-electron chi connectivity index (χ2n) is 10.4. The molecule has 1 saturated heterocycles. The number of rotatable bonds is 13. The van der Waals surface area contributed by atoms with Crippen LogP contribution in [0.2, 0.25) is 0 Å². The average molecular weight is 595 g/mol. The predicted molar refractivity (Wildman–Crippen MR) is 157 cm³/mol. The van der Waals surface area contributed by atoms with E-state index in [1.807, 2.05) is 30.6 Å². The van der Waals surface area contributed by atoms with Crippen LogP contribution < -0.4 is 4.90 Å². The highest BCUT2D eigenvalue weighted by molar-refractivity contribution is 5.88. The average Bonchev–Trinajstić information content (AvgIpc) is 2.97. The third-order valence-corrected chi connectivity index (χ3v) is 6.83. The highest BCUT2D eigenvalue weighted by Gasteiger charge is 2.40. The molecule has 1 aliphatic rings. The standard InChI is InChI=1S/C24H30N6.C6H8O7/c1-28-15-17-30(18-16-28)24-26-13-10-23(27-24)20-29(19-22-9-5-6-12-25-22)14-11-21-7-3-2-4-8-21;7-3(8)1-6(13,5(11)12)2-4(9)10/h2-10,12-13H,11,14-20H2,1H3;13H,1-2H2,(H,7,8)(H,9,10)(H,11,12). The molecule has 13 nitrogen and oxygen atoms in total. The van der Waals surface area contributed by atoms with E-state index in [0.717, 1.165) is 69.6 Å². The minimum atomic E-state index is -2.74. The summed E-state index contributed by atoms with van der Waals surface area (Å²) < 4.78 is 0. The quantitative estimate of drug-likeness (QED) is 0.224. The lowest BCUT2D eigenvalue weighted by atomic mass is 9.96. The van der Waals surface area contributed by atoms with Crippen molar-refractivity contribution in [1.82, 2.24) is 24.8 Å². The molecule has 0 unspecified atom stereocenters. The molecule has 1 fully saturated rings. The van der Waals surface area contributed by atoms with E-state index in [0.29, 0.717) is 0 Å². The van der Waals surface area contributed by atoms with Crippen LogP contribution in [0.25, 0.3) is 0 Å². The molecule has 0 amide bonds. The summed E-state index contributed by atoms with van der Waals surface area (Å²) in [6.07, 6.45) is 2.47. The van der Waals surface area contributed by atoms with Crippen LogP contribution in [0.4, 0.5) is 5.95 Å². The van der Waals surface area contributed by atoms with Crippen molar-refractivity contribution in [3.63, 3.8) is 0 Å². The minimum Gasteiger partial charge on any atom is -0.481 e. The topological polar surface area (TPSA) is 181 Å². The maximum absolute atomic E-state index is 10.3. The predicted octanol–water partition coefficient (Wildman–Crippen LogP) is 1.62. The molecule has 230 valence electrons. The molecule has 0 spiro atoms. The van der Waals surface area contributed by atoms with Crippen molar-refractivity contribution in [3.8, 4) is 0 Å². The number of aliphatic hydroxyl groups is 1. The number of aromatic nitrogens is 3. The second kappa shape index (κ2) is 16.2. The van der Waals surface area contributed by atoms with Gasteiger partial charge < -0.3 is 30.2 Å². The zero-order valence-electron chi connectivity index (χ0n) is 24.1. The first kappa shape index (κ1) is 33.0. The highest BCUT2D eigenvalue weighted by atomic mass is 16.4. The van der Waals surface area contributed by atoms with Crippen molar-refractivity contribution in [3.05, 3.63) is 83.9 Å². The van der Waals surface area contributed by atoms with Crippen molar-refractivity contribution >= 4 is 23.9 Å². The molecule has 1 aliphatic heterocycles. The van der Waals surface area contributed by atoms with E-state index in [4.69, 9.17) is 25.4 Å². The van der Waals surface area contributed by atoms with E-state index in [1.165, 1.54) is 5.56 Å². The van der Waals surface area contributed by atoms with Gasteiger partial charge in [0, 0.05) is 58.2 Å². The largest absolute Gasteiger partial charge is 0.481 e. The van der Waals surface area contributed by atoms with Gasteiger partial charge in [-0.2, -0.15) is 0 Å². The summed E-state index contributed by atoms with van der Waals surface area (Å²) in [6, 6.07) is 18.8. The van der Waals surface area contributed by atoms with Gasteiger partial charge in [-0.15, -0.1) is 0 Å². The molecule has 4 N–H and O–H groups in total. The number of piperazine rings is 1. The summed E-state index contributed by atoms with van der Waals surface area (Å²) in [5.41, 5.74) is 0.753. The van der Waals surface area contributed by atoms with Gasteiger partial charge in [0.05, 0.1) is 24.2 Å². The van der Waals surface area contributed by atoms with Crippen LogP contribution in [0.3, 0.4) is 0 Å². The Morgan fingerprint density at radius 1 is 0.814 bits per heavy atom. The highest BCUT2D eigenvalue weighted by Crippen LogP contribution is 2.16. The lowest BCUT2D eigenvalue weighted by Crippen LogP contribution is -2.45. The van der Waals surface area contributed by atoms with Gasteiger partial charge in [0.15, 0.2) is 5.60 Å². The Bertz CT molecular complexity index is 1300. The van der Waals surface area contributed by atoms with Gasteiger partial charge in [-0.05, 0) is 37.2 Å². The zero-order chi connectivity index (χ0) is 31.2. The first-order valence-electron chi connectivity index (χ1n) is 13.8. The zero-order valence-corrected chi connectivity index (χ0v) is 24.1. The summed E-state index contributed by atoms with van der Waals surface area (Å²) in [7, 11) is 2.16. The molecule has 2 aromatic heterocycles. The number of aliphatic carboxylic acids is 3. The van der Waals surface area contributed by atoms with Crippen LogP contribution in [0.5, 0.6) is 0 Å². The molecule has 1 aromatic carbocycles. The van der Waals surface area contributed by atoms with Gasteiger partial charge in [0.1, 0.15) is 0 Å². The Balaban J connectivity index is 0.000000331. The fourth-order valence-corrected chi connectivity index (χ4v) is 4.44. The van der Waals surface area contributed by atoms with E-state index < -0.39 is 36.4 Å². The van der Waals surface area contributed by atoms with Gasteiger partial charge in [0.2, 0.25) is 5.95 Å². The van der Waals surface area contributed by atoms with Crippen LogP contribution in [0.1, 0.15) is 29.8 Å². The number of nitrogens with zero attached hydrogens (tertiary/aromatic N) is 6. The number of carboxylic acid groups (broad SMARTS) is 3. The van der Waals surface area contributed by atoms with E-state index in [1.54, 1.807) is 0 Å². The fourth-order valence-electron chi connectivity index (χ4n) is 4.44. The van der Waals surface area contributed by atoms with Crippen molar-refractivity contribution in [1.29, 1.82) is 0 Å². The first-order chi connectivity index (χ1) is 20.5. The monoisotopic (exact) mass is 594 g/mol. The lowest BCUT2D eigenvalue weighted by molar-refractivity contribution is -0.170. The van der Waals surface area contributed by atoms with Gasteiger partial charge in [-0.25, -0.2) is 14.8 Å². The Kier molecular flexibility index (Phi) is 12.5. The number of hydrogen-bond acceptors (Lipinski definition) is 10. The maximum atomic E-state index is 10.3. The third-order valence-electron chi connectivity index (χ3n) is 6.83. The molecule has 3 aromatic rings. The second-order valence-corrected chi connectivity index (χ2v) is 10.4. The Hall–Kier alpha value is -4.46. The van der Waals surface area contributed by atoms with Crippen LogP contribution >= 0.6 is 0 Å². The van der Waals surface area contributed by atoms with Crippen LogP contribution in [0, 0.1) is 0 Å². The number of anilines is 1. The molecule has 3 heterocycles. The van der Waals surface area contributed by atoms with Crippen LogP contribution in [0.15, 0.2) is 67.0 Å². The number of likely N-dealkylation sites (N-methyl/N-ethyl adjacent to an activating group) is 1. The normalized spacial score (nSPS) is 13.7. The minimum absolute atomic E-state index is 0.784. The van der Waals surface area contributed by atoms with Gasteiger partial charge >= 0.3 is 17.9 Å². The van der Waals surface area contributed by atoms with E-state index >= 15 is 0 Å². The van der Waals surface area contributed by atoms with E-state index in [-0.39, 0.29) is 0 Å². The molecular formula is C30H38N6O7. The summed E-state index contributed by atoms with van der Waals surface area (Å²) in [6.45, 7) is 6.60. The molecule has 0 aliphatic carbocycles. The van der Waals surface area contributed by atoms with E-state index in [2.05, 4.69) is 68.1 Å². The molecule has 0 bridgehead atoms. The van der Waals surface area contributed by atoms with Crippen molar-refractivity contribution in [2.75, 3.05) is 44.7 Å². The number of benzene rings is 1.